The first-order chi connectivity index (χ1) is 13.8. The number of cyclic esters (lactones) is 1. The average molecular weight is 455 g/mol. The third-order valence-electron chi connectivity index (χ3n) is 4.11. The zero-order chi connectivity index (χ0) is 20.9. The lowest BCUT2D eigenvalue weighted by molar-refractivity contribution is 0.0420. The summed E-state index contributed by atoms with van der Waals surface area (Å²) >= 11 is 12.9. The molecule has 0 aromatic heterocycles. The van der Waals surface area contributed by atoms with E-state index in [2.05, 4.69) is 10.5 Å². The Balaban J connectivity index is 1.38. The van der Waals surface area contributed by atoms with E-state index in [1.807, 2.05) is 32.0 Å². The molecule has 6 nitrogen and oxygen atoms in total. The summed E-state index contributed by atoms with van der Waals surface area (Å²) in [7, 11) is 0. The van der Waals surface area contributed by atoms with E-state index in [9.17, 15) is 4.79 Å². The molecular formula is C20H20Cl2N2O4S. The van der Waals surface area contributed by atoms with Crippen LogP contribution >= 0.6 is 35.2 Å². The third-order valence-corrected chi connectivity index (χ3v) is 5.46. The number of hydrogen-bond acceptors (Lipinski definition) is 6. The third kappa shape index (κ3) is 5.95. The molecule has 29 heavy (non-hydrogen) atoms. The van der Waals surface area contributed by atoms with E-state index in [4.69, 9.17) is 37.0 Å². The van der Waals surface area contributed by atoms with Crippen molar-refractivity contribution in [2.24, 2.45) is 5.16 Å². The van der Waals surface area contributed by atoms with Crippen LogP contribution in [0.5, 0.6) is 5.75 Å². The molecule has 0 saturated carbocycles. The van der Waals surface area contributed by atoms with Gasteiger partial charge in [0, 0.05) is 17.8 Å². The number of unbranched alkanes of at least 4 members (excludes halogenated alkanes) is 1. The van der Waals surface area contributed by atoms with Gasteiger partial charge in [0.2, 0.25) is 0 Å². The van der Waals surface area contributed by atoms with Gasteiger partial charge in [-0.05, 0) is 57.0 Å². The molecule has 0 aliphatic carbocycles. The van der Waals surface area contributed by atoms with Gasteiger partial charge in [-0.15, -0.1) is 0 Å². The predicted molar refractivity (Wildman–Crippen MR) is 116 cm³/mol. The maximum absolute atomic E-state index is 11.6. The summed E-state index contributed by atoms with van der Waals surface area (Å²) in [5, 5.41) is 7.56. The summed E-state index contributed by atoms with van der Waals surface area (Å²) in [6, 6.07) is 10.8. The zero-order valence-electron chi connectivity index (χ0n) is 15.9. The van der Waals surface area contributed by atoms with Gasteiger partial charge in [-0.1, -0.05) is 28.4 Å². The molecule has 1 aliphatic heterocycles. The number of fused-ring (bicyclic) bond motifs is 1. The number of hydrogen-bond donors (Lipinski definition) is 1. The van der Waals surface area contributed by atoms with Crippen LogP contribution in [-0.2, 0) is 14.6 Å². The van der Waals surface area contributed by atoms with E-state index >= 15 is 0 Å². The van der Waals surface area contributed by atoms with Crippen molar-refractivity contribution in [2.45, 2.75) is 37.2 Å². The quantitative estimate of drug-likeness (QED) is 0.209. The van der Waals surface area contributed by atoms with E-state index in [0.29, 0.717) is 34.5 Å². The van der Waals surface area contributed by atoms with Crippen molar-refractivity contribution in [3.8, 4) is 5.75 Å². The Morgan fingerprint density at radius 3 is 2.83 bits per heavy atom. The minimum absolute atomic E-state index is 0.463. The molecule has 2 aromatic carbocycles. The van der Waals surface area contributed by atoms with Crippen LogP contribution in [0.15, 0.2) is 46.4 Å². The van der Waals surface area contributed by atoms with E-state index in [-0.39, 0.29) is 0 Å². The highest BCUT2D eigenvalue weighted by atomic mass is 35.5. The normalized spacial score (nSPS) is 14.8. The molecule has 1 heterocycles. The van der Waals surface area contributed by atoms with E-state index in [1.165, 1.54) is 0 Å². The number of amides is 1. The van der Waals surface area contributed by atoms with Gasteiger partial charge in [-0.3, -0.25) is 5.32 Å². The molecular weight excluding hydrogens is 435 g/mol. The van der Waals surface area contributed by atoms with Gasteiger partial charge >= 0.3 is 6.09 Å². The van der Waals surface area contributed by atoms with Crippen molar-refractivity contribution in [3.63, 3.8) is 0 Å². The second-order valence-corrected chi connectivity index (χ2v) is 8.35. The number of ether oxygens (including phenoxy) is 2. The van der Waals surface area contributed by atoms with Crippen molar-refractivity contribution in [1.82, 2.24) is 0 Å². The van der Waals surface area contributed by atoms with Gasteiger partial charge < -0.3 is 13.8 Å². The molecule has 0 atom stereocenters. The number of oxime groups is 1. The number of nitrogens with one attached hydrogen (secondary N) is 1. The van der Waals surface area contributed by atoms with Crippen LogP contribution in [-0.4, -0.2) is 18.9 Å². The molecule has 1 amide bonds. The second-order valence-electron chi connectivity index (χ2n) is 6.74. The fourth-order valence-electron chi connectivity index (χ4n) is 2.70. The largest absolute Gasteiger partial charge is 0.494 e. The molecule has 1 aliphatic rings. The summed E-state index contributed by atoms with van der Waals surface area (Å²) in [6.07, 6.45) is 2.68. The van der Waals surface area contributed by atoms with E-state index in [1.54, 1.807) is 24.4 Å². The molecule has 0 spiro atoms. The van der Waals surface area contributed by atoms with Crippen molar-refractivity contribution in [1.29, 1.82) is 0 Å². The van der Waals surface area contributed by atoms with Gasteiger partial charge in [-0.25, -0.2) is 4.79 Å². The van der Waals surface area contributed by atoms with Crippen molar-refractivity contribution < 1.29 is 18.6 Å². The monoisotopic (exact) mass is 454 g/mol. The summed E-state index contributed by atoms with van der Waals surface area (Å²) < 4.78 is 16.2. The highest BCUT2D eigenvalue weighted by Gasteiger charge is 2.33. The molecule has 0 radical (unpaired) electrons. The van der Waals surface area contributed by atoms with Gasteiger partial charge in [0.05, 0.1) is 27.2 Å². The van der Waals surface area contributed by atoms with Crippen molar-refractivity contribution in [3.05, 3.63) is 52.0 Å². The maximum atomic E-state index is 11.6. The van der Waals surface area contributed by atoms with Crippen LogP contribution in [0.3, 0.4) is 0 Å². The lowest BCUT2D eigenvalue weighted by Crippen LogP contribution is -2.34. The molecule has 3 rings (SSSR count). The average Bonchev–Trinajstić information content (AvgIpc) is 2.65. The number of carbonyl (C=O) groups is 1. The van der Waals surface area contributed by atoms with Crippen LogP contribution in [0.4, 0.5) is 10.5 Å². The smallest absolute Gasteiger partial charge is 0.412 e. The predicted octanol–water partition coefficient (Wildman–Crippen LogP) is 6.66. The highest BCUT2D eigenvalue weighted by molar-refractivity contribution is 7.94. The molecule has 0 saturated heterocycles. The van der Waals surface area contributed by atoms with Crippen molar-refractivity contribution >= 4 is 53.2 Å². The number of anilines is 1. The molecule has 1 N–H and O–H groups in total. The first-order valence-corrected chi connectivity index (χ1v) is 10.4. The lowest BCUT2D eigenvalue weighted by atomic mass is 9.95. The minimum atomic E-state index is -0.665. The van der Waals surface area contributed by atoms with Crippen molar-refractivity contribution in [2.75, 3.05) is 11.9 Å². The number of nitrogens with zero attached hydrogens (tertiary/aromatic N) is 1. The zero-order valence-corrected chi connectivity index (χ0v) is 18.2. The maximum Gasteiger partial charge on any atom is 0.412 e. The van der Waals surface area contributed by atoms with Crippen LogP contribution < -0.4 is 10.1 Å². The number of benzene rings is 2. The SMILES string of the molecule is CC1(C)OC(=O)Nc2cc(OCCCC=NOSc3ccc(Cl)c(Cl)c3)ccc21. The molecule has 9 heteroatoms. The van der Waals surface area contributed by atoms with E-state index < -0.39 is 11.7 Å². The Morgan fingerprint density at radius 2 is 2.03 bits per heavy atom. The van der Waals surface area contributed by atoms with Gasteiger partial charge in [0.15, 0.2) is 0 Å². The number of carbonyl (C=O) groups excluding carboxylic acids is 1. The topological polar surface area (TPSA) is 69.2 Å². The first-order valence-electron chi connectivity index (χ1n) is 8.93. The van der Waals surface area contributed by atoms with Crippen LogP contribution in [0.25, 0.3) is 0 Å². The molecule has 0 unspecified atom stereocenters. The molecule has 0 fully saturated rings. The minimum Gasteiger partial charge on any atom is -0.494 e. The van der Waals surface area contributed by atoms with Crippen LogP contribution in [0.2, 0.25) is 10.0 Å². The fraction of sp³-hybridized carbons (Fsp3) is 0.300. The standard InChI is InChI=1S/C20H20Cl2N2O4S/c1-20(2)15-7-5-13(11-18(15)24-19(25)27-20)26-10-4-3-9-23-28-29-14-6-8-16(21)17(22)12-14/h5-9,11-12H,3-4,10H2,1-2H3,(H,24,25). The Labute approximate surface area is 183 Å². The lowest BCUT2D eigenvalue weighted by Gasteiger charge is -2.32. The number of rotatable bonds is 8. The molecule has 154 valence electrons. The van der Waals surface area contributed by atoms with Crippen LogP contribution in [0, 0.1) is 0 Å². The Hall–Kier alpha value is -2.09. The first kappa shape index (κ1) is 21.6. The van der Waals surface area contributed by atoms with Gasteiger partial charge in [0.1, 0.15) is 23.4 Å². The van der Waals surface area contributed by atoms with Crippen LogP contribution in [0.1, 0.15) is 32.3 Å². The summed E-state index contributed by atoms with van der Waals surface area (Å²) in [4.78, 5) is 12.5. The van der Waals surface area contributed by atoms with Gasteiger partial charge in [-0.2, -0.15) is 0 Å². The number of halogens is 2. The molecule has 2 aromatic rings. The Kier molecular flexibility index (Phi) is 7.16. The Morgan fingerprint density at radius 1 is 1.21 bits per heavy atom. The summed E-state index contributed by atoms with van der Waals surface area (Å²) in [5.74, 6) is 0.685. The Bertz CT molecular complexity index is 921. The van der Waals surface area contributed by atoms with E-state index in [0.717, 1.165) is 28.9 Å². The second kappa shape index (κ2) is 9.61. The molecule has 0 bridgehead atoms. The fourth-order valence-corrected chi connectivity index (χ4v) is 3.55. The van der Waals surface area contributed by atoms with Gasteiger partial charge in [0.25, 0.3) is 0 Å². The highest BCUT2D eigenvalue weighted by Crippen LogP contribution is 2.37. The summed E-state index contributed by atoms with van der Waals surface area (Å²) in [5.41, 5.74) is 0.952. The summed E-state index contributed by atoms with van der Waals surface area (Å²) in [6.45, 7) is 4.22.